The fourth-order valence-electron chi connectivity index (χ4n) is 1.63. The number of aryl methyl sites for hydroxylation is 1. The van der Waals surface area contributed by atoms with Crippen LogP contribution in [0.25, 0.3) is 0 Å². The number of aromatic nitrogens is 1. The van der Waals surface area contributed by atoms with Crippen molar-refractivity contribution in [2.75, 3.05) is 0 Å². The minimum absolute atomic E-state index is 0.00122. The van der Waals surface area contributed by atoms with Gasteiger partial charge in [0.05, 0.1) is 0 Å². The molecule has 3 nitrogen and oxygen atoms in total. The molecule has 19 heavy (non-hydrogen) atoms. The van der Waals surface area contributed by atoms with Crippen molar-refractivity contribution in [1.82, 2.24) is 10.3 Å². The lowest BCUT2D eigenvalue weighted by Gasteiger charge is -2.00. The molecular weight excluding hydrogens is 236 g/mol. The van der Waals surface area contributed by atoms with Gasteiger partial charge in [0.1, 0.15) is 0 Å². The molecular formula is C16H16N2O. The molecule has 0 atom stereocenters. The molecule has 1 heterocycles. The SMILES string of the molecule is Cc1ccc(C(=O)/C=C/NCc2cccnc2)cc1. The summed E-state index contributed by atoms with van der Waals surface area (Å²) in [6.07, 6.45) is 6.75. The fraction of sp³-hybridized carbons (Fsp3) is 0.125. The molecule has 1 aromatic carbocycles. The van der Waals surface area contributed by atoms with Gasteiger partial charge in [0.2, 0.25) is 0 Å². The monoisotopic (exact) mass is 252 g/mol. The molecule has 1 aromatic heterocycles. The zero-order chi connectivity index (χ0) is 13.5. The minimum atomic E-state index is -0.00122. The van der Waals surface area contributed by atoms with Crippen molar-refractivity contribution in [2.45, 2.75) is 13.5 Å². The topological polar surface area (TPSA) is 42.0 Å². The number of ketones is 1. The molecule has 0 aliphatic rings. The van der Waals surface area contributed by atoms with E-state index in [1.54, 1.807) is 24.7 Å². The summed E-state index contributed by atoms with van der Waals surface area (Å²) in [5.41, 5.74) is 2.93. The third kappa shape index (κ3) is 4.07. The van der Waals surface area contributed by atoms with Crippen LogP contribution >= 0.6 is 0 Å². The number of hydrogen-bond acceptors (Lipinski definition) is 3. The van der Waals surface area contributed by atoms with Gasteiger partial charge in [0, 0.05) is 36.8 Å². The number of rotatable bonds is 5. The second-order valence-electron chi connectivity index (χ2n) is 4.31. The molecule has 0 aliphatic carbocycles. The van der Waals surface area contributed by atoms with Crippen molar-refractivity contribution in [3.63, 3.8) is 0 Å². The van der Waals surface area contributed by atoms with Gasteiger partial charge in [-0.1, -0.05) is 35.9 Å². The molecule has 0 bridgehead atoms. The van der Waals surface area contributed by atoms with Crippen molar-refractivity contribution < 1.29 is 4.79 Å². The van der Waals surface area contributed by atoms with Crippen molar-refractivity contribution in [3.05, 3.63) is 77.8 Å². The first-order valence-electron chi connectivity index (χ1n) is 6.15. The van der Waals surface area contributed by atoms with Crippen LogP contribution in [0.1, 0.15) is 21.5 Å². The molecule has 0 aliphatic heterocycles. The summed E-state index contributed by atoms with van der Waals surface area (Å²) in [4.78, 5) is 15.9. The maximum Gasteiger partial charge on any atom is 0.187 e. The van der Waals surface area contributed by atoms with Crippen molar-refractivity contribution >= 4 is 5.78 Å². The summed E-state index contributed by atoms with van der Waals surface area (Å²) >= 11 is 0. The number of nitrogens with one attached hydrogen (secondary N) is 1. The highest BCUT2D eigenvalue weighted by Gasteiger charge is 1.99. The van der Waals surface area contributed by atoms with Gasteiger partial charge in [0.15, 0.2) is 5.78 Å². The second-order valence-corrected chi connectivity index (χ2v) is 4.31. The van der Waals surface area contributed by atoms with Gasteiger partial charge < -0.3 is 5.32 Å². The first-order chi connectivity index (χ1) is 9.25. The Labute approximate surface area is 113 Å². The Bertz CT molecular complexity index is 559. The number of allylic oxidation sites excluding steroid dienone is 1. The third-order valence-corrected chi connectivity index (χ3v) is 2.72. The zero-order valence-corrected chi connectivity index (χ0v) is 10.8. The Balaban J connectivity index is 1.85. The lowest BCUT2D eigenvalue weighted by molar-refractivity contribution is 0.104. The van der Waals surface area contributed by atoms with E-state index in [1.807, 2.05) is 43.3 Å². The molecule has 96 valence electrons. The van der Waals surface area contributed by atoms with E-state index in [0.717, 1.165) is 11.1 Å². The molecule has 0 saturated heterocycles. The van der Waals surface area contributed by atoms with E-state index in [4.69, 9.17) is 0 Å². The maximum atomic E-state index is 11.8. The second kappa shape index (κ2) is 6.50. The van der Waals surface area contributed by atoms with Crippen LogP contribution in [0, 0.1) is 6.92 Å². The molecule has 2 rings (SSSR count). The molecule has 0 radical (unpaired) electrons. The smallest absolute Gasteiger partial charge is 0.187 e. The van der Waals surface area contributed by atoms with Crippen LogP contribution in [-0.2, 0) is 6.54 Å². The Morgan fingerprint density at radius 3 is 2.74 bits per heavy atom. The summed E-state index contributed by atoms with van der Waals surface area (Å²) in [6.45, 7) is 2.66. The molecule has 0 amide bonds. The van der Waals surface area contributed by atoms with Gasteiger partial charge in [-0.15, -0.1) is 0 Å². The first-order valence-corrected chi connectivity index (χ1v) is 6.15. The Kier molecular flexibility index (Phi) is 4.45. The quantitative estimate of drug-likeness (QED) is 0.657. The van der Waals surface area contributed by atoms with E-state index in [0.29, 0.717) is 12.1 Å². The van der Waals surface area contributed by atoms with E-state index in [1.165, 1.54) is 0 Å². The molecule has 3 heteroatoms. The Morgan fingerprint density at radius 2 is 2.05 bits per heavy atom. The molecule has 0 unspecified atom stereocenters. The summed E-state index contributed by atoms with van der Waals surface area (Å²) in [5, 5.41) is 3.07. The van der Waals surface area contributed by atoms with Gasteiger partial charge in [-0.05, 0) is 18.6 Å². The van der Waals surface area contributed by atoms with Crippen LogP contribution in [0.4, 0.5) is 0 Å². The normalized spacial score (nSPS) is 10.6. The molecule has 2 aromatic rings. The molecule has 0 fully saturated rings. The highest BCUT2D eigenvalue weighted by atomic mass is 16.1. The minimum Gasteiger partial charge on any atom is -0.387 e. The van der Waals surface area contributed by atoms with E-state index in [-0.39, 0.29) is 5.78 Å². The number of nitrogens with zero attached hydrogens (tertiary/aromatic N) is 1. The van der Waals surface area contributed by atoms with Gasteiger partial charge >= 0.3 is 0 Å². The Morgan fingerprint density at radius 1 is 1.26 bits per heavy atom. The van der Waals surface area contributed by atoms with Crippen LogP contribution in [0.15, 0.2) is 61.1 Å². The van der Waals surface area contributed by atoms with Crippen LogP contribution in [0.2, 0.25) is 0 Å². The molecule has 0 saturated carbocycles. The third-order valence-electron chi connectivity index (χ3n) is 2.72. The van der Waals surface area contributed by atoms with E-state index >= 15 is 0 Å². The number of pyridine rings is 1. The van der Waals surface area contributed by atoms with Gasteiger partial charge in [-0.3, -0.25) is 9.78 Å². The average molecular weight is 252 g/mol. The number of carbonyl (C=O) groups is 1. The Hall–Kier alpha value is -2.42. The average Bonchev–Trinajstić information content (AvgIpc) is 2.45. The molecule has 0 spiro atoms. The van der Waals surface area contributed by atoms with E-state index in [9.17, 15) is 4.79 Å². The number of hydrogen-bond donors (Lipinski definition) is 1. The lowest BCUT2D eigenvalue weighted by Crippen LogP contribution is -2.06. The lowest BCUT2D eigenvalue weighted by atomic mass is 10.1. The number of carbonyl (C=O) groups excluding carboxylic acids is 1. The summed E-state index contributed by atoms with van der Waals surface area (Å²) in [5.74, 6) is -0.00122. The van der Waals surface area contributed by atoms with E-state index < -0.39 is 0 Å². The van der Waals surface area contributed by atoms with Crippen LogP contribution < -0.4 is 5.32 Å². The van der Waals surface area contributed by atoms with Gasteiger partial charge in [-0.25, -0.2) is 0 Å². The van der Waals surface area contributed by atoms with E-state index in [2.05, 4.69) is 10.3 Å². The van der Waals surface area contributed by atoms with Gasteiger partial charge in [-0.2, -0.15) is 0 Å². The highest BCUT2D eigenvalue weighted by Crippen LogP contribution is 2.04. The van der Waals surface area contributed by atoms with Crippen LogP contribution in [0.3, 0.4) is 0 Å². The highest BCUT2D eigenvalue weighted by molar-refractivity contribution is 6.04. The van der Waals surface area contributed by atoms with Crippen molar-refractivity contribution in [1.29, 1.82) is 0 Å². The zero-order valence-electron chi connectivity index (χ0n) is 10.8. The predicted octanol–water partition coefficient (Wildman–Crippen LogP) is 2.88. The summed E-state index contributed by atoms with van der Waals surface area (Å²) in [6, 6.07) is 11.4. The standard InChI is InChI=1S/C16H16N2O/c1-13-4-6-15(7-5-13)16(19)8-10-18-12-14-3-2-9-17-11-14/h2-11,18H,12H2,1H3/b10-8+. The van der Waals surface area contributed by atoms with Gasteiger partial charge in [0.25, 0.3) is 0 Å². The fourth-order valence-corrected chi connectivity index (χ4v) is 1.63. The summed E-state index contributed by atoms with van der Waals surface area (Å²) in [7, 11) is 0. The largest absolute Gasteiger partial charge is 0.387 e. The van der Waals surface area contributed by atoms with Crippen LogP contribution in [0.5, 0.6) is 0 Å². The van der Waals surface area contributed by atoms with Crippen molar-refractivity contribution in [3.8, 4) is 0 Å². The van der Waals surface area contributed by atoms with Crippen molar-refractivity contribution in [2.24, 2.45) is 0 Å². The predicted molar refractivity (Wildman–Crippen MR) is 75.7 cm³/mol. The molecule has 1 N–H and O–H groups in total. The maximum absolute atomic E-state index is 11.8. The first kappa shape index (κ1) is 13.0. The summed E-state index contributed by atoms with van der Waals surface area (Å²) < 4.78 is 0. The number of benzene rings is 1. The van der Waals surface area contributed by atoms with Crippen LogP contribution in [-0.4, -0.2) is 10.8 Å².